The average molecular weight is 539 g/mol. The maximum atomic E-state index is 10.7. The van der Waals surface area contributed by atoms with E-state index in [9.17, 15) is 35.7 Å². The standard InChI is InChI=1S/C26H34O12/c1-34-18-7-13(3-5-16(18)29)9-26(38-25-23(33)22(32)21(31)20(11-28)37-25)12-36-24(15(26)10-27)14-4-6-17(30)19(8-14)35-2/h3-8,15,20-25,27-33H,9-12H2,1-2H3/t15-,20-,21-,22+,23-,24-,25+,26-/m1/s1. The number of ether oxygens (including phenoxy) is 5. The Hall–Kier alpha value is -2.68. The Morgan fingerprint density at radius 1 is 0.868 bits per heavy atom. The molecule has 38 heavy (non-hydrogen) atoms. The normalized spacial score (nSPS) is 33.3. The highest BCUT2D eigenvalue weighted by Crippen LogP contribution is 2.47. The number of aliphatic hydroxyl groups is 5. The average Bonchev–Trinajstić information content (AvgIpc) is 3.27. The number of hydrogen-bond acceptors (Lipinski definition) is 12. The van der Waals surface area contributed by atoms with Crippen molar-refractivity contribution in [1.29, 1.82) is 0 Å². The predicted octanol–water partition coefficient (Wildman–Crippen LogP) is -0.407. The molecule has 2 heterocycles. The third-order valence-corrected chi connectivity index (χ3v) is 7.22. The van der Waals surface area contributed by atoms with E-state index in [0.717, 1.165) is 0 Å². The molecule has 2 aliphatic rings. The lowest BCUT2D eigenvalue weighted by atomic mass is 9.79. The lowest BCUT2D eigenvalue weighted by Gasteiger charge is -2.44. The third kappa shape index (κ3) is 5.26. The number of hydrogen-bond donors (Lipinski definition) is 7. The van der Waals surface area contributed by atoms with Gasteiger partial charge in [0.25, 0.3) is 0 Å². The molecule has 0 spiro atoms. The second-order valence-electron chi connectivity index (χ2n) is 9.51. The van der Waals surface area contributed by atoms with Gasteiger partial charge >= 0.3 is 0 Å². The Bertz CT molecular complexity index is 1090. The quantitative estimate of drug-likeness (QED) is 0.219. The van der Waals surface area contributed by atoms with Gasteiger partial charge in [-0.1, -0.05) is 12.1 Å². The van der Waals surface area contributed by atoms with E-state index < -0.39 is 61.5 Å². The summed E-state index contributed by atoms with van der Waals surface area (Å²) in [6.45, 7) is -1.16. The summed E-state index contributed by atoms with van der Waals surface area (Å²) in [6, 6.07) is 9.33. The third-order valence-electron chi connectivity index (χ3n) is 7.22. The number of aromatic hydroxyl groups is 2. The molecule has 12 nitrogen and oxygen atoms in total. The van der Waals surface area contributed by atoms with Crippen LogP contribution in [0.25, 0.3) is 0 Å². The molecule has 2 aromatic carbocycles. The maximum absolute atomic E-state index is 10.7. The molecule has 2 saturated heterocycles. The van der Waals surface area contributed by atoms with E-state index in [1.54, 1.807) is 24.3 Å². The van der Waals surface area contributed by atoms with Crippen molar-refractivity contribution >= 4 is 0 Å². The molecule has 210 valence electrons. The Morgan fingerprint density at radius 3 is 2.16 bits per heavy atom. The van der Waals surface area contributed by atoms with E-state index in [4.69, 9.17) is 23.7 Å². The Kier molecular flexibility index (Phi) is 8.65. The molecular formula is C26H34O12. The molecule has 2 aliphatic heterocycles. The van der Waals surface area contributed by atoms with E-state index in [1.165, 1.54) is 26.4 Å². The first-order valence-corrected chi connectivity index (χ1v) is 12.1. The predicted molar refractivity (Wildman–Crippen MR) is 130 cm³/mol. The lowest BCUT2D eigenvalue weighted by Crippen LogP contribution is -2.62. The highest BCUT2D eigenvalue weighted by molar-refractivity contribution is 5.44. The SMILES string of the molecule is COc1cc(C[C@@]2(O[C@@H]3O[C@H](CO)[C@@H](O)[C@H](O)[C@H]3O)CO[C@H](c3ccc(O)c(OC)c3)[C@H]2CO)ccc1O. The highest BCUT2D eigenvalue weighted by Gasteiger charge is 2.55. The van der Waals surface area contributed by atoms with Crippen LogP contribution in [-0.4, -0.2) is 106 Å². The monoisotopic (exact) mass is 538 g/mol. The van der Waals surface area contributed by atoms with E-state index in [-0.39, 0.29) is 36.0 Å². The molecule has 0 radical (unpaired) electrons. The van der Waals surface area contributed by atoms with E-state index >= 15 is 0 Å². The van der Waals surface area contributed by atoms with Crippen molar-refractivity contribution in [3.05, 3.63) is 47.5 Å². The van der Waals surface area contributed by atoms with E-state index in [2.05, 4.69) is 0 Å². The summed E-state index contributed by atoms with van der Waals surface area (Å²) in [5.74, 6) is -0.488. The zero-order chi connectivity index (χ0) is 27.6. The Labute approximate surface area is 219 Å². The second-order valence-corrected chi connectivity index (χ2v) is 9.51. The van der Waals surface area contributed by atoms with Gasteiger partial charge in [0.05, 0.1) is 40.1 Å². The number of benzene rings is 2. The first kappa shape index (κ1) is 28.3. The Morgan fingerprint density at radius 2 is 1.53 bits per heavy atom. The van der Waals surface area contributed by atoms with Crippen LogP contribution in [-0.2, 0) is 20.6 Å². The molecule has 0 bridgehead atoms. The zero-order valence-corrected chi connectivity index (χ0v) is 21.0. The topological polar surface area (TPSA) is 188 Å². The fourth-order valence-corrected chi connectivity index (χ4v) is 5.11. The van der Waals surface area contributed by atoms with Gasteiger partial charge in [0.1, 0.15) is 30.0 Å². The van der Waals surface area contributed by atoms with Gasteiger partial charge in [-0.3, -0.25) is 0 Å². The fraction of sp³-hybridized carbons (Fsp3) is 0.538. The summed E-state index contributed by atoms with van der Waals surface area (Å²) in [6.07, 6.45) is -8.24. The van der Waals surface area contributed by atoms with Crippen LogP contribution in [0.5, 0.6) is 23.0 Å². The van der Waals surface area contributed by atoms with Crippen LogP contribution < -0.4 is 9.47 Å². The van der Waals surface area contributed by atoms with Crippen LogP contribution >= 0.6 is 0 Å². The summed E-state index contributed by atoms with van der Waals surface area (Å²) in [5, 5.41) is 71.5. The molecule has 12 heteroatoms. The first-order valence-electron chi connectivity index (χ1n) is 12.1. The van der Waals surface area contributed by atoms with Crippen molar-refractivity contribution in [3.8, 4) is 23.0 Å². The van der Waals surface area contributed by atoms with Crippen LogP contribution in [0.1, 0.15) is 17.2 Å². The summed E-state index contributed by atoms with van der Waals surface area (Å²) in [4.78, 5) is 0. The molecule has 7 N–H and O–H groups in total. The van der Waals surface area contributed by atoms with Crippen molar-refractivity contribution in [3.63, 3.8) is 0 Å². The molecule has 0 saturated carbocycles. The van der Waals surface area contributed by atoms with Crippen LogP contribution in [0.2, 0.25) is 0 Å². The molecule has 2 fully saturated rings. The van der Waals surface area contributed by atoms with Gasteiger partial charge in [0.2, 0.25) is 0 Å². The molecular weight excluding hydrogens is 504 g/mol. The van der Waals surface area contributed by atoms with Gasteiger partial charge in [-0.15, -0.1) is 0 Å². The summed E-state index contributed by atoms with van der Waals surface area (Å²) in [5.41, 5.74) is -0.142. The Balaban J connectivity index is 1.73. The number of phenols is 2. The van der Waals surface area contributed by atoms with Gasteiger partial charge < -0.3 is 59.4 Å². The number of methoxy groups -OCH3 is 2. The van der Waals surface area contributed by atoms with E-state index in [0.29, 0.717) is 11.1 Å². The van der Waals surface area contributed by atoms with Crippen LogP contribution in [0.4, 0.5) is 0 Å². The zero-order valence-electron chi connectivity index (χ0n) is 21.0. The minimum atomic E-state index is -1.67. The van der Waals surface area contributed by atoms with Crippen LogP contribution in [0, 0.1) is 5.92 Å². The summed E-state index contributed by atoms with van der Waals surface area (Å²) >= 11 is 0. The second kappa shape index (κ2) is 11.6. The highest BCUT2D eigenvalue weighted by atomic mass is 16.7. The molecule has 4 rings (SSSR count). The maximum Gasteiger partial charge on any atom is 0.187 e. The van der Waals surface area contributed by atoms with Crippen molar-refractivity contribution in [2.45, 2.75) is 48.8 Å². The summed E-state index contributed by atoms with van der Waals surface area (Å²) in [7, 11) is 2.81. The molecule has 2 aromatic rings. The number of aliphatic hydroxyl groups excluding tert-OH is 5. The van der Waals surface area contributed by atoms with Crippen molar-refractivity contribution in [2.24, 2.45) is 5.92 Å². The molecule has 0 amide bonds. The van der Waals surface area contributed by atoms with Crippen molar-refractivity contribution < 1.29 is 59.4 Å². The summed E-state index contributed by atoms with van der Waals surface area (Å²) < 4.78 is 28.5. The van der Waals surface area contributed by atoms with Gasteiger partial charge in [-0.05, 0) is 35.4 Å². The molecule has 0 aliphatic carbocycles. The molecule has 0 aromatic heterocycles. The minimum Gasteiger partial charge on any atom is -0.504 e. The van der Waals surface area contributed by atoms with Gasteiger partial charge in [0.15, 0.2) is 29.3 Å². The fourth-order valence-electron chi connectivity index (χ4n) is 5.11. The molecule has 0 unspecified atom stereocenters. The minimum absolute atomic E-state index is 0.0735. The number of phenolic OH excluding ortho intramolecular Hbond substituents is 2. The number of rotatable bonds is 9. The van der Waals surface area contributed by atoms with Crippen LogP contribution in [0.15, 0.2) is 36.4 Å². The largest absolute Gasteiger partial charge is 0.504 e. The smallest absolute Gasteiger partial charge is 0.187 e. The molecule has 8 atom stereocenters. The van der Waals surface area contributed by atoms with Crippen LogP contribution in [0.3, 0.4) is 0 Å². The van der Waals surface area contributed by atoms with Gasteiger partial charge in [-0.25, -0.2) is 0 Å². The van der Waals surface area contributed by atoms with Gasteiger partial charge in [-0.2, -0.15) is 0 Å². The van der Waals surface area contributed by atoms with Crippen molar-refractivity contribution in [1.82, 2.24) is 0 Å². The van der Waals surface area contributed by atoms with Gasteiger partial charge in [0, 0.05) is 12.3 Å². The lowest BCUT2D eigenvalue weighted by molar-refractivity contribution is -0.331. The van der Waals surface area contributed by atoms with E-state index in [1.807, 2.05) is 0 Å². The van der Waals surface area contributed by atoms with Crippen molar-refractivity contribution in [2.75, 3.05) is 34.0 Å². The first-order chi connectivity index (χ1) is 18.2.